The van der Waals surface area contributed by atoms with Gasteiger partial charge in [0, 0.05) is 37.7 Å². The zero-order valence-corrected chi connectivity index (χ0v) is 18.5. The third kappa shape index (κ3) is 6.94. The van der Waals surface area contributed by atoms with Crippen molar-refractivity contribution in [3.8, 4) is 5.75 Å². The van der Waals surface area contributed by atoms with Crippen LogP contribution in [0, 0.1) is 12.7 Å². The first-order valence-corrected chi connectivity index (χ1v) is 10.7. The fourth-order valence-electron chi connectivity index (χ4n) is 3.39. The largest absolute Gasteiger partial charge is 0.488 e. The monoisotopic (exact) mass is 429 g/mol. The third-order valence-corrected chi connectivity index (χ3v) is 5.02. The number of halogens is 1. The molecule has 1 saturated heterocycles. The van der Waals surface area contributed by atoms with Crippen molar-refractivity contribution in [2.24, 2.45) is 4.99 Å². The van der Waals surface area contributed by atoms with E-state index in [1.54, 1.807) is 19.2 Å². The fourth-order valence-corrected chi connectivity index (χ4v) is 3.39. The third-order valence-electron chi connectivity index (χ3n) is 5.02. The molecule has 0 spiro atoms. The van der Waals surface area contributed by atoms with Gasteiger partial charge in [-0.1, -0.05) is 18.2 Å². The molecule has 1 atom stereocenters. The van der Waals surface area contributed by atoms with Crippen LogP contribution in [0.2, 0.25) is 0 Å². The molecule has 1 fully saturated rings. The molecular formula is C24H32FN3O3. The van der Waals surface area contributed by atoms with Gasteiger partial charge < -0.3 is 24.8 Å². The average Bonchev–Trinajstić information content (AvgIpc) is 3.26. The highest BCUT2D eigenvalue weighted by Crippen LogP contribution is 2.23. The standard InChI is InChI=1S/C24H32FN3O3/c1-4-26-24(27-13-18-6-8-22(25)20(12-18)15-29-3)28-14-19-7-5-17(2)11-23(19)31-21-9-10-30-16-21/h5-8,11-12,21H,4,9-10,13-16H2,1-3H3,(H2,26,27,28). The molecule has 7 heteroatoms. The van der Waals surface area contributed by atoms with Gasteiger partial charge in [-0.05, 0) is 43.2 Å². The lowest BCUT2D eigenvalue weighted by molar-refractivity contribution is 0.140. The van der Waals surface area contributed by atoms with E-state index in [2.05, 4.69) is 40.7 Å². The molecule has 1 aliphatic heterocycles. The maximum Gasteiger partial charge on any atom is 0.191 e. The zero-order chi connectivity index (χ0) is 22.1. The summed E-state index contributed by atoms with van der Waals surface area (Å²) in [5.41, 5.74) is 3.67. The predicted molar refractivity (Wildman–Crippen MR) is 120 cm³/mol. The van der Waals surface area contributed by atoms with Crippen LogP contribution in [-0.2, 0) is 29.2 Å². The van der Waals surface area contributed by atoms with Crippen molar-refractivity contribution < 1.29 is 18.6 Å². The molecule has 2 aromatic rings. The van der Waals surface area contributed by atoms with E-state index < -0.39 is 0 Å². The summed E-state index contributed by atoms with van der Waals surface area (Å²) in [6, 6.07) is 11.2. The van der Waals surface area contributed by atoms with Gasteiger partial charge in [-0.15, -0.1) is 0 Å². The Bertz CT molecular complexity index is 882. The highest BCUT2D eigenvalue weighted by atomic mass is 19.1. The number of methoxy groups -OCH3 is 1. The summed E-state index contributed by atoms with van der Waals surface area (Å²) in [4.78, 5) is 4.65. The van der Waals surface area contributed by atoms with Gasteiger partial charge in [0.25, 0.3) is 0 Å². The molecule has 31 heavy (non-hydrogen) atoms. The molecular weight excluding hydrogens is 397 g/mol. The van der Waals surface area contributed by atoms with E-state index in [9.17, 15) is 4.39 Å². The molecule has 0 bridgehead atoms. The minimum atomic E-state index is -0.265. The van der Waals surface area contributed by atoms with Crippen LogP contribution in [0.3, 0.4) is 0 Å². The Kier molecular flexibility index (Phi) is 8.67. The smallest absolute Gasteiger partial charge is 0.191 e. The highest BCUT2D eigenvalue weighted by Gasteiger charge is 2.18. The Hall–Kier alpha value is -2.64. The fraction of sp³-hybridized carbons (Fsp3) is 0.458. The normalized spacial score (nSPS) is 16.4. The molecule has 1 unspecified atom stereocenters. The van der Waals surface area contributed by atoms with Crippen LogP contribution >= 0.6 is 0 Å². The molecule has 6 nitrogen and oxygen atoms in total. The van der Waals surface area contributed by atoms with E-state index in [4.69, 9.17) is 14.2 Å². The summed E-state index contributed by atoms with van der Waals surface area (Å²) in [5.74, 6) is 1.30. The molecule has 0 radical (unpaired) electrons. The van der Waals surface area contributed by atoms with Crippen LogP contribution in [0.15, 0.2) is 41.4 Å². The quantitative estimate of drug-likeness (QED) is 0.470. The van der Waals surface area contributed by atoms with Crippen molar-refractivity contribution in [2.45, 2.75) is 46.1 Å². The van der Waals surface area contributed by atoms with Crippen LogP contribution in [0.25, 0.3) is 0 Å². The van der Waals surface area contributed by atoms with E-state index in [1.165, 1.54) is 6.07 Å². The van der Waals surface area contributed by atoms with Crippen molar-refractivity contribution in [3.63, 3.8) is 0 Å². The second-order valence-electron chi connectivity index (χ2n) is 7.62. The van der Waals surface area contributed by atoms with Gasteiger partial charge in [-0.25, -0.2) is 9.38 Å². The van der Waals surface area contributed by atoms with Gasteiger partial charge >= 0.3 is 0 Å². The summed E-state index contributed by atoms with van der Waals surface area (Å²) in [7, 11) is 1.56. The van der Waals surface area contributed by atoms with Gasteiger partial charge in [-0.3, -0.25) is 0 Å². The van der Waals surface area contributed by atoms with Crippen LogP contribution in [-0.4, -0.2) is 38.9 Å². The Morgan fingerprint density at radius 1 is 1.19 bits per heavy atom. The molecule has 0 amide bonds. The van der Waals surface area contributed by atoms with Crippen LogP contribution in [0.5, 0.6) is 5.75 Å². The predicted octanol–water partition coefficient (Wildman–Crippen LogP) is 3.70. The van der Waals surface area contributed by atoms with Crippen LogP contribution in [0.1, 0.15) is 35.6 Å². The summed E-state index contributed by atoms with van der Waals surface area (Å²) in [6.07, 6.45) is 1.01. The van der Waals surface area contributed by atoms with Crippen molar-refractivity contribution in [1.82, 2.24) is 10.6 Å². The molecule has 1 aliphatic rings. The minimum absolute atomic E-state index is 0.0993. The molecule has 168 valence electrons. The van der Waals surface area contributed by atoms with Gasteiger partial charge in [0.2, 0.25) is 0 Å². The maximum atomic E-state index is 13.8. The van der Waals surface area contributed by atoms with E-state index in [0.29, 0.717) is 31.2 Å². The second kappa shape index (κ2) is 11.7. The second-order valence-corrected chi connectivity index (χ2v) is 7.62. The van der Waals surface area contributed by atoms with Crippen molar-refractivity contribution in [3.05, 3.63) is 64.5 Å². The van der Waals surface area contributed by atoms with E-state index in [0.717, 1.165) is 42.0 Å². The number of aliphatic imine (C=N–C) groups is 1. The SMILES string of the molecule is CCNC(=NCc1ccc(F)c(COC)c1)NCc1ccc(C)cc1OC1CCOC1. The van der Waals surface area contributed by atoms with Gasteiger partial charge in [0.15, 0.2) is 5.96 Å². The summed E-state index contributed by atoms with van der Waals surface area (Å²) in [6.45, 7) is 7.44. The minimum Gasteiger partial charge on any atom is -0.488 e. The molecule has 2 aromatic carbocycles. The zero-order valence-electron chi connectivity index (χ0n) is 18.5. The van der Waals surface area contributed by atoms with Crippen LogP contribution in [0.4, 0.5) is 4.39 Å². The van der Waals surface area contributed by atoms with E-state index in [-0.39, 0.29) is 18.5 Å². The van der Waals surface area contributed by atoms with E-state index in [1.807, 2.05) is 6.92 Å². The molecule has 3 rings (SSSR count). The number of rotatable bonds is 9. The Labute approximate surface area is 183 Å². The Morgan fingerprint density at radius 2 is 2.06 bits per heavy atom. The van der Waals surface area contributed by atoms with E-state index >= 15 is 0 Å². The van der Waals surface area contributed by atoms with Gasteiger partial charge in [0.1, 0.15) is 17.7 Å². The molecule has 0 aliphatic carbocycles. The lowest BCUT2D eigenvalue weighted by Crippen LogP contribution is -2.37. The van der Waals surface area contributed by atoms with Crippen molar-refractivity contribution in [1.29, 1.82) is 0 Å². The number of nitrogens with zero attached hydrogens (tertiary/aromatic N) is 1. The summed E-state index contributed by atoms with van der Waals surface area (Å²) < 4.78 is 30.5. The number of nitrogens with one attached hydrogen (secondary N) is 2. The molecule has 0 saturated carbocycles. The summed E-state index contributed by atoms with van der Waals surface area (Å²) >= 11 is 0. The number of aryl methyl sites for hydroxylation is 1. The maximum absolute atomic E-state index is 13.8. The topological polar surface area (TPSA) is 64.1 Å². The number of ether oxygens (including phenoxy) is 3. The molecule has 1 heterocycles. The summed E-state index contributed by atoms with van der Waals surface area (Å²) in [5, 5.41) is 6.63. The van der Waals surface area contributed by atoms with Gasteiger partial charge in [0.05, 0.1) is 26.4 Å². The number of guanidine groups is 1. The number of hydrogen-bond donors (Lipinski definition) is 2. The van der Waals surface area contributed by atoms with Gasteiger partial charge in [-0.2, -0.15) is 0 Å². The molecule has 0 aromatic heterocycles. The first kappa shape index (κ1) is 23.0. The highest BCUT2D eigenvalue weighted by molar-refractivity contribution is 5.79. The first-order chi connectivity index (χ1) is 15.1. The van der Waals surface area contributed by atoms with Crippen LogP contribution < -0.4 is 15.4 Å². The first-order valence-electron chi connectivity index (χ1n) is 10.7. The van der Waals surface area contributed by atoms with Crippen molar-refractivity contribution >= 4 is 5.96 Å². The van der Waals surface area contributed by atoms with Crippen molar-refractivity contribution in [2.75, 3.05) is 26.9 Å². The Morgan fingerprint density at radius 3 is 2.81 bits per heavy atom. The Balaban J connectivity index is 1.67. The number of benzene rings is 2. The molecule has 2 N–H and O–H groups in total. The average molecular weight is 430 g/mol. The lowest BCUT2D eigenvalue weighted by atomic mass is 10.1. The lowest BCUT2D eigenvalue weighted by Gasteiger charge is -2.18. The number of hydrogen-bond acceptors (Lipinski definition) is 4.